The lowest BCUT2D eigenvalue weighted by Crippen LogP contribution is -2.14. The maximum atomic E-state index is 12.3. The molecule has 138 valence electrons. The number of thioether (sulfide) groups is 1. The van der Waals surface area contributed by atoms with Crippen molar-refractivity contribution < 1.29 is 4.79 Å². The standard InChI is InChI=1S/C22H23N3OS/c1-14-5-8-18(9-6-14)20-12-17(4)23-22(25-20)27-13-21(26)24-19-10-7-15(2)16(3)11-19/h5-12H,13H2,1-4H3,(H,24,26). The van der Waals surface area contributed by atoms with E-state index < -0.39 is 0 Å². The number of rotatable bonds is 5. The van der Waals surface area contributed by atoms with Crippen molar-refractivity contribution in [2.24, 2.45) is 0 Å². The number of aryl methyl sites for hydroxylation is 4. The maximum Gasteiger partial charge on any atom is 0.234 e. The Balaban J connectivity index is 1.67. The third-order valence-corrected chi connectivity index (χ3v) is 5.15. The maximum absolute atomic E-state index is 12.3. The van der Waals surface area contributed by atoms with Crippen LogP contribution in [0, 0.1) is 27.7 Å². The lowest BCUT2D eigenvalue weighted by molar-refractivity contribution is -0.113. The van der Waals surface area contributed by atoms with Crippen LogP contribution in [0.5, 0.6) is 0 Å². The minimum absolute atomic E-state index is 0.0646. The summed E-state index contributed by atoms with van der Waals surface area (Å²) < 4.78 is 0. The van der Waals surface area contributed by atoms with Crippen LogP contribution >= 0.6 is 11.8 Å². The van der Waals surface area contributed by atoms with Gasteiger partial charge in [0.05, 0.1) is 11.4 Å². The smallest absolute Gasteiger partial charge is 0.234 e. The summed E-state index contributed by atoms with van der Waals surface area (Å²) >= 11 is 1.35. The van der Waals surface area contributed by atoms with Gasteiger partial charge in [0.2, 0.25) is 5.91 Å². The zero-order valence-electron chi connectivity index (χ0n) is 16.0. The normalized spacial score (nSPS) is 10.7. The van der Waals surface area contributed by atoms with E-state index in [1.165, 1.54) is 22.9 Å². The first kappa shape index (κ1) is 19.1. The van der Waals surface area contributed by atoms with Gasteiger partial charge in [0, 0.05) is 16.9 Å². The summed E-state index contributed by atoms with van der Waals surface area (Å²) in [5.74, 6) is 0.203. The number of aromatic nitrogens is 2. The van der Waals surface area contributed by atoms with Gasteiger partial charge in [0.1, 0.15) is 0 Å². The van der Waals surface area contributed by atoms with Crippen molar-refractivity contribution >= 4 is 23.4 Å². The third-order valence-electron chi connectivity index (χ3n) is 4.30. The zero-order chi connectivity index (χ0) is 19.4. The molecule has 0 atom stereocenters. The molecule has 0 aliphatic rings. The molecule has 0 bridgehead atoms. The van der Waals surface area contributed by atoms with Crippen LogP contribution in [0.4, 0.5) is 5.69 Å². The molecule has 1 aromatic heterocycles. The van der Waals surface area contributed by atoms with Gasteiger partial charge >= 0.3 is 0 Å². The van der Waals surface area contributed by atoms with Crippen LogP contribution in [0.15, 0.2) is 53.7 Å². The molecule has 0 radical (unpaired) electrons. The average molecular weight is 378 g/mol. The number of anilines is 1. The molecule has 0 saturated heterocycles. The summed E-state index contributed by atoms with van der Waals surface area (Å²) in [5, 5.41) is 3.54. The van der Waals surface area contributed by atoms with Crippen LogP contribution in [0.25, 0.3) is 11.3 Å². The summed E-state index contributed by atoms with van der Waals surface area (Å²) in [6.07, 6.45) is 0. The molecular weight excluding hydrogens is 354 g/mol. The fraction of sp³-hybridized carbons (Fsp3) is 0.227. The molecule has 1 N–H and O–H groups in total. The Morgan fingerprint density at radius 3 is 2.37 bits per heavy atom. The van der Waals surface area contributed by atoms with Crippen molar-refractivity contribution in [2.75, 3.05) is 11.1 Å². The molecule has 4 nitrogen and oxygen atoms in total. The highest BCUT2D eigenvalue weighted by Gasteiger charge is 2.09. The molecule has 3 rings (SSSR count). The first-order valence-electron chi connectivity index (χ1n) is 8.83. The third kappa shape index (κ3) is 5.17. The number of hydrogen-bond acceptors (Lipinski definition) is 4. The van der Waals surface area contributed by atoms with E-state index in [2.05, 4.69) is 53.4 Å². The van der Waals surface area contributed by atoms with Crippen LogP contribution in [0.2, 0.25) is 0 Å². The van der Waals surface area contributed by atoms with Crippen LogP contribution in [-0.2, 0) is 4.79 Å². The van der Waals surface area contributed by atoms with Gasteiger partial charge in [-0.05, 0) is 57.0 Å². The molecule has 0 saturated carbocycles. The van der Waals surface area contributed by atoms with E-state index in [0.29, 0.717) is 5.16 Å². The number of nitrogens with zero attached hydrogens (tertiary/aromatic N) is 2. The van der Waals surface area contributed by atoms with Crippen LogP contribution < -0.4 is 5.32 Å². The van der Waals surface area contributed by atoms with Crippen molar-refractivity contribution in [3.63, 3.8) is 0 Å². The highest BCUT2D eigenvalue weighted by atomic mass is 32.2. The van der Waals surface area contributed by atoms with Gasteiger partial charge in [0.25, 0.3) is 0 Å². The number of carbonyl (C=O) groups excluding carboxylic acids is 1. The molecule has 0 unspecified atom stereocenters. The van der Waals surface area contributed by atoms with E-state index in [-0.39, 0.29) is 11.7 Å². The SMILES string of the molecule is Cc1ccc(-c2cc(C)nc(SCC(=O)Nc3ccc(C)c(C)c3)n2)cc1. The van der Waals surface area contributed by atoms with E-state index in [1.807, 2.05) is 38.1 Å². The summed E-state index contributed by atoms with van der Waals surface area (Å²) in [5.41, 5.74) is 7.20. The molecule has 0 aliphatic carbocycles. The predicted molar refractivity (Wildman–Crippen MR) is 112 cm³/mol. The van der Waals surface area contributed by atoms with E-state index in [1.54, 1.807) is 0 Å². The van der Waals surface area contributed by atoms with Crippen molar-refractivity contribution in [3.8, 4) is 11.3 Å². The van der Waals surface area contributed by atoms with Crippen LogP contribution in [0.1, 0.15) is 22.4 Å². The van der Waals surface area contributed by atoms with E-state index >= 15 is 0 Å². The second-order valence-corrected chi connectivity index (χ2v) is 7.62. The lowest BCUT2D eigenvalue weighted by atomic mass is 10.1. The number of carbonyl (C=O) groups is 1. The van der Waals surface area contributed by atoms with Crippen molar-refractivity contribution in [2.45, 2.75) is 32.9 Å². The first-order chi connectivity index (χ1) is 12.9. The van der Waals surface area contributed by atoms with Gasteiger partial charge in [0.15, 0.2) is 5.16 Å². The van der Waals surface area contributed by atoms with Crippen LogP contribution in [-0.4, -0.2) is 21.6 Å². The van der Waals surface area contributed by atoms with Crippen molar-refractivity contribution in [1.29, 1.82) is 0 Å². The second-order valence-electron chi connectivity index (χ2n) is 6.68. The largest absolute Gasteiger partial charge is 0.325 e. The number of nitrogens with one attached hydrogen (secondary N) is 1. The Kier molecular flexibility index (Phi) is 5.91. The molecule has 27 heavy (non-hydrogen) atoms. The quantitative estimate of drug-likeness (QED) is 0.496. The summed E-state index contributed by atoms with van der Waals surface area (Å²) in [7, 11) is 0. The molecule has 1 amide bonds. The van der Waals surface area contributed by atoms with E-state index in [9.17, 15) is 4.79 Å². The molecule has 0 spiro atoms. The summed E-state index contributed by atoms with van der Waals surface area (Å²) in [6.45, 7) is 8.09. The Morgan fingerprint density at radius 2 is 1.67 bits per heavy atom. The van der Waals surface area contributed by atoms with Gasteiger partial charge in [-0.15, -0.1) is 0 Å². The fourth-order valence-corrected chi connectivity index (χ4v) is 3.33. The Hall–Kier alpha value is -2.66. The lowest BCUT2D eigenvalue weighted by Gasteiger charge is -2.08. The first-order valence-corrected chi connectivity index (χ1v) is 9.82. The Bertz CT molecular complexity index is 968. The Morgan fingerprint density at radius 1 is 0.926 bits per heavy atom. The number of benzene rings is 2. The minimum atomic E-state index is -0.0646. The number of hydrogen-bond donors (Lipinski definition) is 1. The number of amides is 1. The summed E-state index contributed by atoms with van der Waals surface area (Å²) in [6, 6.07) is 16.1. The van der Waals surface area contributed by atoms with Crippen LogP contribution in [0.3, 0.4) is 0 Å². The molecule has 3 aromatic rings. The zero-order valence-corrected chi connectivity index (χ0v) is 16.9. The highest BCUT2D eigenvalue weighted by molar-refractivity contribution is 7.99. The molecular formula is C22H23N3OS. The molecule has 5 heteroatoms. The van der Waals surface area contributed by atoms with Gasteiger partial charge < -0.3 is 5.32 Å². The average Bonchev–Trinajstić information content (AvgIpc) is 2.63. The molecule has 0 fully saturated rings. The minimum Gasteiger partial charge on any atom is -0.325 e. The molecule has 2 aromatic carbocycles. The van der Waals surface area contributed by atoms with Gasteiger partial charge in [-0.2, -0.15) is 0 Å². The topological polar surface area (TPSA) is 54.9 Å². The van der Waals surface area contributed by atoms with Crippen molar-refractivity contribution in [3.05, 3.63) is 70.9 Å². The summed E-state index contributed by atoms with van der Waals surface area (Å²) in [4.78, 5) is 21.3. The van der Waals surface area contributed by atoms with Gasteiger partial charge in [-0.25, -0.2) is 9.97 Å². The van der Waals surface area contributed by atoms with E-state index in [0.717, 1.165) is 28.2 Å². The highest BCUT2D eigenvalue weighted by Crippen LogP contribution is 2.22. The van der Waals surface area contributed by atoms with Gasteiger partial charge in [-0.3, -0.25) is 4.79 Å². The molecule has 0 aliphatic heterocycles. The van der Waals surface area contributed by atoms with E-state index in [4.69, 9.17) is 0 Å². The fourth-order valence-electron chi connectivity index (χ4n) is 2.62. The molecule has 1 heterocycles. The monoisotopic (exact) mass is 377 g/mol. The van der Waals surface area contributed by atoms with Gasteiger partial charge in [-0.1, -0.05) is 47.7 Å². The van der Waals surface area contributed by atoms with Crippen molar-refractivity contribution in [1.82, 2.24) is 9.97 Å². The second kappa shape index (κ2) is 8.35. The predicted octanol–water partition coefficient (Wildman–Crippen LogP) is 5.11. The Labute approximate surface area is 164 Å².